The molecular formula is C16H17N5O. The van der Waals surface area contributed by atoms with Crippen molar-refractivity contribution in [3.63, 3.8) is 0 Å². The fraction of sp³-hybridized carbons (Fsp3) is 0.125. The molecule has 2 aromatic carbocycles. The van der Waals surface area contributed by atoms with Gasteiger partial charge < -0.3 is 21.5 Å². The number of fused-ring (bicyclic) bond motifs is 1. The zero-order valence-corrected chi connectivity index (χ0v) is 12.2. The van der Waals surface area contributed by atoms with E-state index in [9.17, 15) is 0 Å². The predicted octanol–water partition coefficient (Wildman–Crippen LogP) is 2.41. The minimum atomic E-state index is 0.524. The maximum atomic E-state index is 5.94. The molecule has 22 heavy (non-hydrogen) atoms. The standard InChI is InChI=1S/C16H17N5O/c1-22-12-4-2-10(3-5-12)8-20-15-9-19-14-7-11(17)6-13(18)16(14)21-15/h2-7,9H,8,17-18H2,1H3,(H,20,21). The largest absolute Gasteiger partial charge is 0.497 e. The topological polar surface area (TPSA) is 99.1 Å². The molecule has 0 fully saturated rings. The number of methoxy groups -OCH3 is 1. The van der Waals surface area contributed by atoms with Crippen LogP contribution in [0.3, 0.4) is 0 Å². The lowest BCUT2D eigenvalue weighted by atomic mass is 10.2. The van der Waals surface area contributed by atoms with Gasteiger partial charge in [0.05, 0.1) is 24.5 Å². The van der Waals surface area contributed by atoms with E-state index in [0.717, 1.165) is 11.3 Å². The Morgan fingerprint density at radius 3 is 2.64 bits per heavy atom. The summed E-state index contributed by atoms with van der Waals surface area (Å²) in [5.74, 6) is 1.50. The van der Waals surface area contributed by atoms with Crippen molar-refractivity contribution in [3.8, 4) is 5.75 Å². The fourth-order valence-electron chi connectivity index (χ4n) is 2.19. The minimum absolute atomic E-state index is 0.524. The Morgan fingerprint density at radius 2 is 1.91 bits per heavy atom. The summed E-state index contributed by atoms with van der Waals surface area (Å²) in [7, 11) is 1.65. The number of nitrogens with two attached hydrogens (primary N) is 2. The highest BCUT2D eigenvalue weighted by atomic mass is 16.5. The molecule has 0 aliphatic rings. The summed E-state index contributed by atoms with van der Waals surface area (Å²) >= 11 is 0. The Morgan fingerprint density at radius 1 is 1.14 bits per heavy atom. The number of hydrogen-bond acceptors (Lipinski definition) is 6. The number of benzene rings is 2. The number of hydrogen-bond donors (Lipinski definition) is 3. The Balaban J connectivity index is 1.78. The number of aromatic nitrogens is 2. The third kappa shape index (κ3) is 2.85. The molecule has 5 N–H and O–H groups in total. The van der Waals surface area contributed by atoms with Gasteiger partial charge in [0.15, 0.2) is 0 Å². The van der Waals surface area contributed by atoms with Gasteiger partial charge in [-0.15, -0.1) is 0 Å². The van der Waals surface area contributed by atoms with E-state index in [1.54, 1.807) is 25.4 Å². The normalized spacial score (nSPS) is 10.6. The third-order valence-electron chi connectivity index (χ3n) is 3.33. The second-order valence-electron chi connectivity index (χ2n) is 4.93. The molecular weight excluding hydrogens is 278 g/mol. The lowest BCUT2D eigenvalue weighted by Gasteiger charge is -2.08. The Labute approximate surface area is 128 Å². The van der Waals surface area contributed by atoms with Crippen LogP contribution in [0, 0.1) is 0 Å². The molecule has 0 spiro atoms. The Hall–Kier alpha value is -3.02. The molecule has 1 heterocycles. The van der Waals surface area contributed by atoms with Gasteiger partial charge in [0.25, 0.3) is 0 Å². The fourth-order valence-corrected chi connectivity index (χ4v) is 2.19. The van der Waals surface area contributed by atoms with Crippen LogP contribution in [0.15, 0.2) is 42.6 Å². The number of nitrogens with zero attached hydrogens (tertiary/aromatic N) is 2. The van der Waals surface area contributed by atoms with E-state index in [1.165, 1.54) is 0 Å². The smallest absolute Gasteiger partial charge is 0.145 e. The SMILES string of the molecule is COc1ccc(CNc2cnc3cc(N)cc(N)c3n2)cc1. The highest BCUT2D eigenvalue weighted by molar-refractivity contribution is 5.90. The second kappa shape index (κ2) is 5.77. The van der Waals surface area contributed by atoms with Crippen molar-refractivity contribution in [1.82, 2.24) is 9.97 Å². The summed E-state index contributed by atoms with van der Waals surface area (Å²) < 4.78 is 5.14. The first-order valence-corrected chi connectivity index (χ1v) is 6.84. The first-order valence-electron chi connectivity index (χ1n) is 6.84. The maximum Gasteiger partial charge on any atom is 0.145 e. The van der Waals surface area contributed by atoms with Crippen LogP contribution in [-0.2, 0) is 6.54 Å². The molecule has 0 aliphatic carbocycles. The van der Waals surface area contributed by atoms with Gasteiger partial charge in [-0.3, -0.25) is 4.98 Å². The molecule has 0 bridgehead atoms. The zero-order chi connectivity index (χ0) is 15.5. The van der Waals surface area contributed by atoms with Gasteiger partial charge in [-0.05, 0) is 29.8 Å². The molecule has 0 aliphatic heterocycles. The summed E-state index contributed by atoms with van der Waals surface area (Å²) in [6, 6.07) is 11.3. The number of anilines is 3. The van der Waals surface area contributed by atoms with Crippen molar-refractivity contribution in [2.45, 2.75) is 6.54 Å². The van der Waals surface area contributed by atoms with Crippen LogP contribution in [0.25, 0.3) is 11.0 Å². The van der Waals surface area contributed by atoms with Crippen molar-refractivity contribution < 1.29 is 4.74 Å². The average Bonchev–Trinajstić information content (AvgIpc) is 2.53. The van der Waals surface area contributed by atoms with Gasteiger partial charge >= 0.3 is 0 Å². The van der Waals surface area contributed by atoms with Crippen LogP contribution < -0.4 is 21.5 Å². The van der Waals surface area contributed by atoms with E-state index in [2.05, 4.69) is 15.3 Å². The van der Waals surface area contributed by atoms with Crippen molar-refractivity contribution in [2.75, 3.05) is 23.9 Å². The molecule has 3 aromatic rings. The third-order valence-corrected chi connectivity index (χ3v) is 3.33. The van der Waals surface area contributed by atoms with Crippen molar-refractivity contribution >= 4 is 28.2 Å². The lowest BCUT2D eigenvalue weighted by molar-refractivity contribution is 0.414. The number of rotatable bonds is 4. The molecule has 112 valence electrons. The van der Waals surface area contributed by atoms with Crippen LogP contribution in [0.2, 0.25) is 0 Å². The monoisotopic (exact) mass is 295 g/mol. The maximum absolute atomic E-state index is 5.94. The predicted molar refractivity (Wildman–Crippen MR) is 88.7 cm³/mol. The van der Waals surface area contributed by atoms with Crippen LogP contribution in [0.1, 0.15) is 5.56 Å². The van der Waals surface area contributed by atoms with Gasteiger partial charge in [0.1, 0.15) is 17.1 Å². The number of ether oxygens (including phenoxy) is 1. The number of nitrogen functional groups attached to an aromatic ring is 2. The molecule has 6 nitrogen and oxygen atoms in total. The minimum Gasteiger partial charge on any atom is -0.497 e. The molecule has 0 saturated heterocycles. The van der Waals surface area contributed by atoms with Crippen LogP contribution >= 0.6 is 0 Å². The van der Waals surface area contributed by atoms with Crippen molar-refractivity contribution in [1.29, 1.82) is 0 Å². The summed E-state index contributed by atoms with van der Waals surface area (Å²) in [4.78, 5) is 8.82. The van der Waals surface area contributed by atoms with E-state index in [4.69, 9.17) is 16.2 Å². The molecule has 0 radical (unpaired) electrons. The van der Waals surface area contributed by atoms with Crippen LogP contribution in [0.5, 0.6) is 5.75 Å². The summed E-state index contributed by atoms with van der Waals surface area (Å²) in [6.45, 7) is 0.638. The first kappa shape index (κ1) is 13.9. The van der Waals surface area contributed by atoms with Crippen molar-refractivity contribution in [2.24, 2.45) is 0 Å². The van der Waals surface area contributed by atoms with Gasteiger partial charge in [-0.1, -0.05) is 12.1 Å². The molecule has 0 unspecified atom stereocenters. The number of nitrogens with one attached hydrogen (secondary N) is 1. The van der Waals surface area contributed by atoms with Crippen LogP contribution in [0.4, 0.5) is 17.2 Å². The lowest BCUT2D eigenvalue weighted by Crippen LogP contribution is -2.03. The van der Waals surface area contributed by atoms with Gasteiger partial charge in [0, 0.05) is 12.2 Å². The second-order valence-corrected chi connectivity index (χ2v) is 4.93. The zero-order valence-electron chi connectivity index (χ0n) is 12.2. The highest BCUT2D eigenvalue weighted by Crippen LogP contribution is 2.22. The molecule has 1 aromatic heterocycles. The summed E-state index contributed by atoms with van der Waals surface area (Å²) in [5.41, 5.74) is 15.2. The molecule has 0 atom stereocenters. The van der Waals surface area contributed by atoms with E-state index in [0.29, 0.717) is 34.8 Å². The quantitative estimate of drug-likeness (QED) is 0.639. The summed E-state index contributed by atoms with van der Waals surface area (Å²) in [5, 5.41) is 3.23. The van der Waals surface area contributed by atoms with Crippen molar-refractivity contribution in [3.05, 3.63) is 48.2 Å². The molecule has 0 saturated carbocycles. The van der Waals surface area contributed by atoms with Gasteiger partial charge in [-0.25, -0.2) is 4.98 Å². The molecule has 0 amide bonds. The Bertz CT molecular complexity index is 801. The van der Waals surface area contributed by atoms with E-state index >= 15 is 0 Å². The van der Waals surface area contributed by atoms with Gasteiger partial charge in [0.2, 0.25) is 0 Å². The highest BCUT2D eigenvalue weighted by Gasteiger charge is 2.05. The molecule has 3 rings (SSSR count). The molecule has 6 heteroatoms. The first-order chi connectivity index (χ1) is 10.7. The van der Waals surface area contributed by atoms with Crippen LogP contribution in [-0.4, -0.2) is 17.1 Å². The van der Waals surface area contributed by atoms with E-state index in [-0.39, 0.29) is 0 Å². The summed E-state index contributed by atoms with van der Waals surface area (Å²) in [6.07, 6.45) is 1.67. The van der Waals surface area contributed by atoms with E-state index in [1.807, 2.05) is 24.3 Å². The Kier molecular flexibility index (Phi) is 3.65. The van der Waals surface area contributed by atoms with Gasteiger partial charge in [-0.2, -0.15) is 0 Å². The van der Waals surface area contributed by atoms with E-state index < -0.39 is 0 Å². The average molecular weight is 295 g/mol.